The van der Waals surface area contributed by atoms with E-state index in [1.165, 1.54) is 11.3 Å². The molecule has 6 heteroatoms. The Hall–Kier alpha value is -2.73. The lowest BCUT2D eigenvalue weighted by molar-refractivity contribution is -0.131. The summed E-state index contributed by atoms with van der Waals surface area (Å²) in [4.78, 5) is 16.8. The molecule has 0 unspecified atom stereocenters. The summed E-state index contributed by atoms with van der Waals surface area (Å²) in [5, 5.41) is 3.28. The molecule has 0 atom stereocenters. The van der Waals surface area contributed by atoms with Crippen molar-refractivity contribution in [2.75, 3.05) is 57.9 Å². The van der Waals surface area contributed by atoms with Crippen molar-refractivity contribution in [3.8, 4) is 11.5 Å². The molecule has 0 radical (unpaired) electrons. The van der Waals surface area contributed by atoms with Gasteiger partial charge in [0.05, 0.1) is 7.11 Å². The third-order valence-corrected chi connectivity index (χ3v) is 5.12. The van der Waals surface area contributed by atoms with Crippen LogP contribution in [0.4, 0.5) is 5.69 Å². The number of benzene rings is 2. The third-order valence-electron chi connectivity index (χ3n) is 5.12. The van der Waals surface area contributed by atoms with E-state index in [0.717, 1.165) is 37.7 Å². The molecule has 1 amide bonds. The molecule has 1 N–H and O–H groups in total. The summed E-state index contributed by atoms with van der Waals surface area (Å²) in [5.41, 5.74) is 2.51. The van der Waals surface area contributed by atoms with Crippen molar-refractivity contribution in [2.45, 2.75) is 13.3 Å². The van der Waals surface area contributed by atoms with Crippen molar-refractivity contribution in [3.63, 3.8) is 0 Å². The van der Waals surface area contributed by atoms with Crippen molar-refractivity contribution in [1.82, 2.24) is 10.2 Å². The smallest absolute Gasteiger partial charge is 0.223 e. The summed E-state index contributed by atoms with van der Waals surface area (Å²) in [6.07, 6.45) is 0.521. The summed E-state index contributed by atoms with van der Waals surface area (Å²) >= 11 is 0. The van der Waals surface area contributed by atoms with E-state index in [4.69, 9.17) is 9.47 Å². The summed E-state index contributed by atoms with van der Waals surface area (Å²) in [6, 6.07) is 16.1. The van der Waals surface area contributed by atoms with Crippen molar-refractivity contribution in [1.29, 1.82) is 0 Å². The second kappa shape index (κ2) is 10.7. The third kappa shape index (κ3) is 6.39. The first-order valence-electron chi connectivity index (χ1n) is 10.2. The van der Waals surface area contributed by atoms with Gasteiger partial charge in [-0.3, -0.25) is 4.79 Å². The number of piperazine rings is 1. The van der Waals surface area contributed by atoms with E-state index < -0.39 is 0 Å². The van der Waals surface area contributed by atoms with Crippen LogP contribution in [0.5, 0.6) is 11.5 Å². The number of aryl methyl sites for hydroxylation is 1. The van der Waals surface area contributed by atoms with Crippen LogP contribution < -0.4 is 19.7 Å². The van der Waals surface area contributed by atoms with Gasteiger partial charge in [0.1, 0.15) is 18.1 Å². The van der Waals surface area contributed by atoms with E-state index in [1.54, 1.807) is 7.11 Å². The fraction of sp³-hybridized carbons (Fsp3) is 0.435. The topological polar surface area (TPSA) is 54.0 Å². The average Bonchev–Trinajstić information content (AvgIpc) is 2.76. The first-order valence-corrected chi connectivity index (χ1v) is 10.2. The van der Waals surface area contributed by atoms with Gasteiger partial charge in [-0.15, -0.1) is 0 Å². The molecule has 1 heterocycles. The second-order valence-corrected chi connectivity index (χ2v) is 7.23. The van der Waals surface area contributed by atoms with Crippen LogP contribution >= 0.6 is 0 Å². The Morgan fingerprint density at radius 2 is 1.72 bits per heavy atom. The Morgan fingerprint density at radius 1 is 1.00 bits per heavy atom. The lowest BCUT2D eigenvalue weighted by atomic mass is 10.2. The lowest BCUT2D eigenvalue weighted by Gasteiger charge is -2.36. The highest BCUT2D eigenvalue weighted by Crippen LogP contribution is 2.18. The highest BCUT2D eigenvalue weighted by Gasteiger charge is 2.20. The minimum absolute atomic E-state index is 0.220. The highest BCUT2D eigenvalue weighted by atomic mass is 16.5. The average molecular weight is 398 g/mol. The van der Waals surface area contributed by atoms with Crippen LogP contribution in [0.15, 0.2) is 48.5 Å². The zero-order chi connectivity index (χ0) is 20.5. The molecular weight excluding hydrogens is 366 g/mol. The van der Waals surface area contributed by atoms with E-state index in [2.05, 4.69) is 41.4 Å². The molecule has 1 saturated heterocycles. The van der Waals surface area contributed by atoms with Crippen LogP contribution in [0.2, 0.25) is 0 Å². The van der Waals surface area contributed by atoms with E-state index in [-0.39, 0.29) is 5.91 Å². The normalized spacial score (nSPS) is 14.0. The molecule has 0 spiro atoms. The van der Waals surface area contributed by atoms with Crippen molar-refractivity contribution < 1.29 is 14.3 Å². The first kappa shape index (κ1) is 21.0. The van der Waals surface area contributed by atoms with Gasteiger partial charge in [0.25, 0.3) is 0 Å². The van der Waals surface area contributed by atoms with Gasteiger partial charge in [-0.25, -0.2) is 0 Å². The Morgan fingerprint density at radius 3 is 2.41 bits per heavy atom. The van der Waals surface area contributed by atoms with Gasteiger partial charge in [-0.05, 0) is 48.9 Å². The van der Waals surface area contributed by atoms with Crippen molar-refractivity contribution in [2.24, 2.45) is 0 Å². The Balaban J connectivity index is 1.28. The first-order chi connectivity index (χ1) is 14.2. The van der Waals surface area contributed by atoms with Crippen LogP contribution in [0.25, 0.3) is 0 Å². The van der Waals surface area contributed by atoms with Gasteiger partial charge in [-0.2, -0.15) is 0 Å². The molecule has 1 aliphatic heterocycles. The number of carbonyl (C=O) groups excluding carboxylic acids is 1. The number of carbonyl (C=O) groups is 1. The second-order valence-electron chi connectivity index (χ2n) is 7.23. The van der Waals surface area contributed by atoms with Gasteiger partial charge in [-0.1, -0.05) is 12.1 Å². The zero-order valence-electron chi connectivity index (χ0n) is 17.4. The predicted octanol–water partition coefficient (Wildman–Crippen LogP) is 2.71. The standard InChI is InChI=1S/C23H31N3O3/c1-19-4-3-5-20(18-19)25-13-15-26(16-14-25)23(27)10-11-24-12-17-29-22-8-6-21(28-2)7-9-22/h3-9,18,24H,10-17H2,1-2H3. The molecule has 1 fully saturated rings. The van der Waals surface area contributed by atoms with Crippen molar-refractivity contribution in [3.05, 3.63) is 54.1 Å². The predicted molar refractivity (Wildman–Crippen MR) is 116 cm³/mol. The number of nitrogens with zero attached hydrogens (tertiary/aromatic N) is 2. The number of hydrogen-bond acceptors (Lipinski definition) is 5. The van der Waals surface area contributed by atoms with Crippen LogP contribution in [-0.4, -0.2) is 63.8 Å². The van der Waals surface area contributed by atoms with Crippen molar-refractivity contribution >= 4 is 11.6 Å². The number of methoxy groups -OCH3 is 1. The van der Waals surface area contributed by atoms with Crippen LogP contribution in [-0.2, 0) is 4.79 Å². The molecule has 3 rings (SSSR count). The SMILES string of the molecule is COc1ccc(OCCNCCC(=O)N2CCN(c3cccc(C)c3)CC2)cc1. The lowest BCUT2D eigenvalue weighted by Crippen LogP contribution is -2.49. The zero-order valence-corrected chi connectivity index (χ0v) is 17.4. The maximum absolute atomic E-state index is 12.4. The minimum Gasteiger partial charge on any atom is -0.497 e. The van der Waals surface area contributed by atoms with E-state index in [1.807, 2.05) is 29.2 Å². The Bertz CT molecular complexity index is 771. The summed E-state index contributed by atoms with van der Waals surface area (Å²) in [7, 11) is 1.64. The number of ether oxygens (including phenoxy) is 2. The number of amides is 1. The van der Waals surface area contributed by atoms with E-state index in [0.29, 0.717) is 26.1 Å². The monoisotopic (exact) mass is 397 g/mol. The summed E-state index contributed by atoms with van der Waals surface area (Å²) < 4.78 is 10.8. The van der Waals surface area contributed by atoms with Crippen LogP contribution in [0.3, 0.4) is 0 Å². The Labute approximate surface area is 173 Å². The summed E-state index contributed by atoms with van der Waals surface area (Å²) in [6.45, 7) is 7.40. The maximum atomic E-state index is 12.4. The molecule has 156 valence electrons. The van der Waals surface area contributed by atoms with E-state index >= 15 is 0 Å². The van der Waals surface area contributed by atoms with Gasteiger partial charge < -0.3 is 24.6 Å². The molecule has 2 aromatic rings. The van der Waals surface area contributed by atoms with Gasteiger partial charge in [0, 0.05) is 51.4 Å². The highest BCUT2D eigenvalue weighted by molar-refractivity contribution is 5.76. The fourth-order valence-corrected chi connectivity index (χ4v) is 3.43. The fourth-order valence-electron chi connectivity index (χ4n) is 3.43. The molecule has 0 bridgehead atoms. The number of hydrogen-bond donors (Lipinski definition) is 1. The van der Waals surface area contributed by atoms with Gasteiger partial charge >= 0.3 is 0 Å². The molecule has 2 aromatic carbocycles. The summed E-state index contributed by atoms with van der Waals surface area (Å²) in [5.74, 6) is 1.85. The van der Waals surface area contributed by atoms with Gasteiger partial charge in [0.2, 0.25) is 5.91 Å². The number of nitrogens with one attached hydrogen (secondary N) is 1. The molecule has 6 nitrogen and oxygen atoms in total. The van der Waals surface area contributed by atoms with Crippen LogP contribution in [0.1, 0.15) is 12.0 Å². The van der Waals surface area contributed by atoms with Gasteiger partial charge in [0.15, 0.2) is 0 Å². The molecule has 1 aliphatic rings. The molecule has 0 aliphatic carbocycles. The number of anilines is 1. The van der Waals surface area contributed by atoms with Crippen LogP contribution in [0, 0.1) is 6.92 Å². The molecular formula is C23H31N3O3. The minimum atomic E-state index is 0.220. The quantitative estimate of drug-likeness (QED) is 0.660. The molecule has 0 saturated carbocycles. The molecule has 29 heavy (non-hydrogen) atoms. The van der Waals surface area contributed by atoms with E-state index in [9.17, 15) is 4.79 Å². The Kier molecular flexibility index (Phi) is 7.76. The molecule has 0 aromatic heterocycles. The number of rotatable bonds is 9. The maximum Gasteiger partial charge on any atom is 0.223 e. The largest absolute Gasteiger partial charge is 0.497 e.